The predicted octanol–water partition coefficient (Wildman–Crippen LogP) is 4.06. The molecule has 2 aromatic rings. The van der Waals surface area contributed by atoms with Gasteiger partial charge >= 0.3 is 0 Å². The number of benzene rings is 1. The van der Waals surface area contributed by atoms with Crippen LogP contribution in [0.15, 0.2) is 34.9 Å². The van der Waals surface area contributed by atoms with Crippen molar-refractivity contribution in [3.8, 4) is 0 Å². The first-order chi connectivity index (χ1) is 10.6. The molecular formula is C18H24N2O2. The van der Waals surface area contributed by atoms with Crippen molar-refractivity contribution in [2.45, 2.75) is 46.5 Å². The van der Waals surface area contributed by atoms with Crippen molar-refractivity contribution in [2.24, 2.45) is 0 Å². The molecule has 0 aliphatic carbocycles. The van der Waals surface area contributed by atoms with Crippen LogP contribution in [0.3, 0.4) is 0 Å². The van der Waals surface area contributed by atoms with Gasteiger partial charge in [-0.1, -0.05) is 36.7 Å². The summed E-state index contributed by atoms with van der Waals surface area (Å²) in [7, 11) is 0. The Bertz CT molecular complexity index is 585. The fourth-order valence-corrected chi connectivity index (χ4v) is 2.55. The molecule has 0 spiro atoms. The highest BCUT2D eigenvalue weighted by molar-refractivity contribution is 5.93. The second-order valence-corrected chi connectivity index (χ2v) is 5.54. The summed E-state index contributed by atoms with van der Waals surface area (Å²) in [6.45, 7) is 6.71. The first-order valence-corrected chi connectivity index (χ1v) is 7.90. The molecule has 1 aromatic carbocycles. The Morgan fingerprint density at radius 2 is 1.95 bits per heavy atom. The molecule has 0 aliphatic rings. The standard InChI is InChI=1S/C18H24N2O2/c1-4-5-13-20(16-9-7-6-8-10-16)18(21)12-11-17-14(2)19-22-15(17)3/h6-10H,4-5,11-13H2,1-3H3. The molecule has 1 aromatic heterocycles. The zero-order valence-electron chi connectivity index (χ0n) is 13.6. The van der Waals surface area contributed by atoms with Crippen LogP contribution in [-0.4, -0.2) is 17.6 Å². The zero-order chi connectivity index (χ0) is 15.9. The average Bonchev–Trinajstić information content (AvgIpc) is 2.85. The molecule has 0 unspecified atom stereocenters. The molecule has 2 rings (SSSR count). The Kier molecular flexibility index (Phi) is 5.75. The lowest BCUT2D eigenvalue weighted by Gasteiger charge is -2.22. The van der Waals surface area contributed by atoms with Crippen LogP contribution in [0.1, 0.15) is 43.2 Å². The van der Waals surface area contributed by atoms with E-state index in [1.807, 2.05) is 49.1 Å². The number of carbonyl (C=O) groups excluding carboxylic acids is 1. The van der Waals surface area contributed by atoms with Crippen molar-refractivity contribution in [3.05, 3.63) is 47.3 Å². The van der Waals surface area contributed by atoms with E-state index in [0.29, 0.717) is 12.8 Å². The van der Waals surface area contributed by atoms with E-state index in [2.05, 4.69) is 12.1 Å². The van der Waals surface area contributed by atoms with E-state index in [1.54, 1.807) is 0 Å². The summed E-state index contributed by atoms with van der Waals surface area (Å²) in [6.07, 6.45) is 3.23. The number of carbonyl (C=O) groups is 1. The summed E-state index contributed by atoms with van der Waals surface area (Å²) in [5.41, 5.74) is 2.90. The van der Waals surface area contributed by atoms with Gasteiger partial charge in [-0.3, -0.25) is 4.79 Å². The molecule has 118 valence electrons. The van der Waals surface area contributed by atoms with Crippen LogP contribution in [0.4, 0.5) is 5.69 Å². The molecule has 22 heavy (non-hydrogen) atoms. The van der Waals surface area contributed by atoms with Crippen molar-refractivity contribution >= 4 is 11.6 Å². The molecular weight excluding hydrogens is 276 g/mol. The third kappa shape index (κ3) is 3.97. The number of hydrogen-bond acceptors (Lipinski definition) is 3. The SMILES string of the molecule is CCCCN(C(=O)CCc1c(C)noc1C)c1ccccc1. The van der Waals surface area contributed by atoms with E-state index in [4.69, 9.17) is 4.52 Å². The lowest BCUT2D eigenvalue weighted by Crippen LogP contribution is -2.32. The normalized spacial score (nSPS) is 10.7. The summed E-state index contributed by atoms with van der Waals surface area (Å²) >= 11 is 0. The summed E-state index contributed by atoms with van der Waals surface area (Å²) in [6, 6.07) is 9.88. The fraction of sp³-hybridized carbons (Fsp3) is 0.444. The van der Waals surface area contributed by atoms with Gasteiger partial charge in [-0.2, -0.15) is 0 Å². The highest BCUT2D eigenvalue weighted by Crippen LogP contribution is 2.19. The Hall–Kier alpha value is -2.10. The number of aromatic nitrogens is 1. The van der Waals surface area contributed by atoms with Crippen molar-refractivity contribution < 1.29 is 9.32 Å². The maximum Gasteiger partial charge on any atom is 0.227 e. The summed E-state index contributed by atoms with van der Waals surface area (Å²) in [4.78, 5) is 14.5. The third-order valence-corrected chi connectivity index (χ3v) is 3.87. The van der Waals surface area contributed by atoms with E-state index < -0.39 is 0 Å². The maximum atomic E-state index is 12.6. The second-order valence-electron chi connectivity index (χ2n) is 5.54. The van der Waals surface area contributed by atoms with Gasteiger partial charge in [0.25, 0.3) is 0 Å². The number of aryl methyl sites for hydroxylation is 2. The molecule has 0 saturated heterocycles. The molecule has 0 fully saturated rings. The van der Waals surface area contributed by atoms with Gasteiger partial charge in [0.2, 0.25) is 5.91 Å². The predicted molar refractivity (Wildman–Crippen MR) is 88.0 cm³/mol. The van der Waals surface area contributed by atoms with Gasteiger partial charge in [0.15, 0.2) is 0 Å². The van der Waals surface area contributed by atoms with Gasteiger partial charge in [0.05, 0.1) is 5.69 Å². The van der Waals surface area contributed by atoms with Crippen LogP contribution >= 0.6 is 0 Å². The van der Waals surface area contributed by atoms with Crippen LogP contribution < -0.4 is 4.90 Å². The highest BCUT2D eigenvalue weighted by Gasteiger charge is 2.17. The van der Waals surface area contributed by atoms with E-state index in [0.717, 1.165) is 42.1 Å². The van der Waals surface area contributed by atoms with E-state index in [9.17, 15) is 4.79 Å². The summed E-state index contributed by atoms with van der Waals surface area (Å²) in [5, 5.41) is 3.95. The molecule has 0 N–H and O–H groups in total. The maximum absolute atomic E-state index is 12.6. The first kappa shape index (κ1) is 16.3. The highest BCUT2D eigenvalue weighted by atomic mass is 16.5. The van der Waals surface area contributed by atoms with E-state index >= 15 is 0 Å². The van der Waals surface area contributed by atoms with Gasteiger partial charge in [-0.25, -0.2) is 0 Å². The Morgan fingerprint density at radius 1 is 1.23 bits per heavy atom. The van der Waals surface area contributed by atoms with Crippen LogP contribution in [0.5, 0.6) is 0 Å². The first-order valence-electron chi connectivity index (χ1n) is 7.90. The lowest BCUT2D eigenvalue weighted by molar-refractivity contribution is -0.118. The number of amides is 1. The molecule has 0 atom stereocenters. The van der Waals surface area contributed by atoms with E-state index in [1.165, 1.54) is 0 Å². The largest absolute Gasteiger partial charge is 0.361 e. The molecule has 1 amide bonds. The smallest absolute Gasteiger partial charge is 0.227 e. The number of anilines is 1. The van der Waals surface area contributed by atoms with Gasteiger partial charge in [-0.05, 0) is 38.8 Å². The fourth-order valence-electron chi connectivity index (χ4n) is 2.55. The summed E-state index contributed by atoms with van der Waals surface area (Å²) in [5.74, 6) is 0.963. The molecule has 4 nitrogen and oxygen atoms in total. The van der Waals surface area contributed by atoms with Gasteiger partial charge in [0, 0.05) is 24.2 Å². The second kappa shape index (κ2) is 7.78. The minimum absolute atomic E-state index is 0.152. The zero-order valence-corrected chi connectivity index (χ0v) is 13.6. The molecule has 0 radical (unpaired) electrons. The van der Waals surface area contributed by atoms with Crippen LogP contribution in [0.2, 0.25) is 0 Å². The minimum atomic E-state index is 0.152. The van der Waals surface area contributed by atoms with Gasteiger partial charge in [0.1, 0.15) is 5.76 Å². The van der Waals surface area contributed by atoms with Gasteiger partial charge in [-0.15, -0.1) is 0 Å². The summed E-state index contributed by atoms with van der Waals surface area (Å²) < 4.78 is 5.16. The molecule has 0 saturated carbocycles. The molecule has 4 heteroatoms. The van der Waals surface area contributed by atoms with Crippen LogP contribution in [0.25, 0.3) is 0 Å². The number of unbranched alkanes of at least 4 members (excludes halogenated alkanes) is 1. The molecule has 1 heterocycles. The molecule has 0 bridgehead atoms. The van der Waals surface area contributed by atoms with Crippen molar-refractivity contribution in [3.63, 3.8) is 0 Å². The van der Waals surface area contributed by atoms with Crippen molar-refractivity contribution in [1.29, 1.82) is 0 Å². The lowest BCUT2D eigenvalue weighted by atomic mass is 10.1. The van der Waals surface area contributed by atoms with Crippen molar-refractivity contribution in [1.82, 2.24) is 5.16 Å². The van der Waals surface area contributed by atoms with Crippen LogP contribution in [0, 0.1) is 13.8 Å². The van der Waals surface area contributed by atoms with Crippen LogP contribution in [-0.2, 0) is 11.2 Å². The molecule has 0 aliphatic heterocycles. The monoisotopic (exact) mass is 300 g/mol. The number of nitrogens with zero attached hydrogens (tertiary/aromatic N) is 2. The number of hydrogen-bond donors (Lipinski definition) is 0. The van der Waals surface area contributed by atoms with E-state index in [-0.39, 0.29) is 5.91 Å². The Morgan fingerprint density at radius 3 is 2.55 bits per heavy atom. The Labute approximate surface area is 132 Å². The average molecular weight is 300 g/mol. The number of para-hydroxylation sites is 1. The number of rotatable bonds is 7. The van der Waals surface area contributed by atoms with Crippen molar-refractivity contribution in [2.75, 3.05) is 11.4 Å². The topological polar surface area (TPSA) is 46.3 Å². The minimum Gasteiger partial charge on any atom is -0.361 e. The van der Waals surface area contributed by atoms with Gasteiger partial charge < -0.3 is 9.42 Å². The quantitative estimate of drug-likeness (QED) is 0.774. The Balaban J connectivity index is 2.06. The third-order valence-electron chi connectivity index (χ3n) is 3.87.